The third-order valence-electron chi connectivity index (χ3n) is 3.54. The molecule has 0 spiro atoms. The first-order valence-electron chi connectivity index (χ1n) is 6.21. The highest BCUT2D eigenvalue weighted by Gasteiger charge is 2.29. The van der Waals surface area contributed by atoms with E-state index in [0.29, 0.717) is 12.0 Å². The first-order valence-corrected chi connectivity index (χ1v) is 6.21. The molecule has 2 nitrogen and oxygen atoms in total. The van der Waals surface area contributed by atoms with Gasteiger partial charge < -0.3 is 10.5 Å². The predicted molar refractivity (Wildman–Crippen MR) is 69.1 cm³/mol. The highest BCUT2D eigenvalue weighted by Crippen LogP contribution is 2.25. The van der Waals surface area contributed by atoms with E-state index >= 15 is 0 Å². The normalized spacial score (nSPS) is 19.5. The van der Waals surface area contributed by atoms with Crippen molar-refractivity contribution in [2.75, 3.05) is 6.54 Å². The Balaban J connectivity index is 4.28. The van der Waals surface area contributed by atoms with Crippen LogP contribution in [0, 0.1) is 5.92 Å². The smallest absolute Gasteiger partial charge is 0.177 e. The van der Waals surface area contributed by atoms with Crippen LogP contribution < -0.4 is 10.5 Å². The second-order valence-electron chi connectivity index (χ2n) is 4.91. The van der Waals surface area contributed by atoms with Crippen LogP contribution in [0.2, 0.25) is 0 Å². The molecule has 0 aliphatic rings. The molecule has 0 bridgehead atoms. The minimum atomic E-state index is 0.228. The van der Waals surface area contributed by atoms with Gasteiger partial charge in [-0.1, -0.05) is 27.2 Å². The van der Waals surface area contributed by atoms with Crippen LogP contribution >= 0.6 is 0 Å². The summed E-state index contributed by atoms with van der Waals surface area (Å²) in [5.74, 6) is 0.702. The summed E-state index contributed by atoms with van der Waals surface area (Å²) in [6.45, 7) is 12.1. The van der Waals surface area contributed by atoms with Crippen molar-refractivity contribution >= 4 is 7.98 Å². The summed E-state index contributed by atoms with van der Waals surface area (Å²) in [6.07, 6.45) is 3.69. The molecule has 3 heteroatoms. The Hall–Kier alpha value is -0.0151. The SMILES string of the molecule is [B]NCC(C)NC(C)(CC)C(C)CCC. The Bertz CT molecular complexity index is 164. The van der Waals surface area contributed by atoms with Crippen LogP contribution in [0.4, 0.5) is 0 Å². The lowest BCUT2D eigenvalue weighted by Crippen LogP contribution is -2.53. The largest absolute Gasteiger partial charge is 0.365 e. The Morgan fingerprint density at radius 1 is 1.27 bits per heavy atom. The Morgan fingerprint density at radius 2 is 1.87 bits per heavy atom. The second kappa shape index (κ2) is 7.29. The predicted octanol–water partition coefficient (Wildman–Crippen LogP) is 2.24. The van der Waals surface area contributed by atoms with Gasteiger partial charge in [0.25, 0.3) is 0 Å². The fraction of sp³-hybridized carbons (Fsp3) is 1.00. The van der Waals surface area contributed by atoms with Gasteiger partial charge in [0, 0.05) is 11.6 Å². The van der Waals surface area contributed by atoms with Crippen LogP contribution in [0.25, 0.3) is 0 Å². The minimum Gasteiger partial charge on any atom is -0.365 e. The zero-order valence-electron chi connectivity index (χ0n) is 11.1. The molecule has 0 amide bonds. The van der Waals surface area contributed by atoms with Crippen molar-refractivity contribution in [2.24, 2.45) is 5.92 Å². The molecule has 3 unspecified atom stereocenters. The molecule has 0 aliphatic heterocycles. The van der Waals surface area contributed by atoms with E-state index in [4.69, 9.17) is 7.98 Å². The van der Waals surface area contributed by atoms with Crippen molar-refractivity contribution in [2.45, 2.75) is 65.5 Å². The molecule has 2 radical (unpaired) electrons. The molecule has 2 N–H and O–H groups in total. The fourth-order valence-electron chi connectivity index (χ4n) is 2.14. The van der Waals surface area contributed by atoms with Gasteiger partial charge in [0.15, 0.2) is 7.98 Å². The molecule has 3 atom stereocenters. The van der Waals surface area contributed by atoms with Crippen molar-refractivity contribution in [1.82, 2.24) is 10.5 Å². The lowest BCUT2D eigenvalue weighted by molar-refractivity contribution is 0.204. The summed E-state index contributed by atoms with van der Waals surface area (Å²) in [5, 5.41) is 6.41. The van der Waals surface area contributed by atoms with Crippen LogP contribution in [0.3, 0.4) is 0 Å². The lowest BCUT2D eigenvalue weighted by Gasteiger charge is -2.39. The van der Waals surface area contributed by atoms with Crippen molar-refractivity contribution < 1.29 is 0 Å². The van der Waals surface area contributed by atoms with E-state index in [-0.39, 0.29) is 5.54 Å². The third-order valence-corrected chi connectivity index (χ3v) is 3.54. The van der Waals surface area contributed by atoms with E-state index in [1.165, 1.54) is 12.8 Å². The maximum atomic E-state index is 5.33. The average molecular weight is 210 g/mol. The molecule has 0 aromatic carbocycles. The summed E-state index contributed by atoms with van der Waals surface area (Å²) in [7, 11) is 5.33. The third kappa shape index (κ3) is 5.03. The fourth-order valence-corrected chi connectivity index (χ4v) is 2.14. The van der Waals surface area contributed by atoms with Gasteiger partial charge in [0.1, 0.15) is 0 Å². The van der Waals surface area contributed by atoms with Gasteiger partial charge in [-0.3, -0.25) is 0 Å². The standard InChI is InChI=1S/C12H27BN2/c1-6-8-10(3)12(5,7-2)15-11(4)9-14-13/h10-11,14-15H,6-9H2,1-5H3. The first-order chi connectivity index (χ1) is 7.00. The maximum Gasteiger partial charge on any atom is 0.177 e. The van der Waals surface area contributed by atoms with Crippen LogP contribution in [0.15, 0.2) is 0 Å². The summed E-state index contributed by atoms with van der Waals surface area (Å²) in [6, 6.07) is 0.416. The van der Waals surface area contributed by atoms with Gasteiger partial charge >= 0.3 is 0 Å². The van der Waals surface area contributed by atoms with Crippen LogP contribution in [0.5, 0.6) is 0 Å². The van der Waals surface area contributed by atoms with E-state index in [1.807, 2.05) is 0 Å². The number of hydrogen-bond acceptors (Lipinski definition) is 2. The van der Waals surface area contributed by atoms with Crippen LogP contribution in [0.1, 0.15) is 53.9 Å². The van der Waals surface area contributed by atoms with Crippen molar-refractivity contribution in [3.8, 4) is 0 Å². The second-order valence-corrected chi connectivity index (χ2v) is 4.91. The maximum absolute atomic E-state index is 5.33. The molecule has 0 aliphatic carbocycles. The molecule has 0 aromatic rings. The van der Waals surface area contributed by atoms with Crippen LogP contribution in [-0.2, 0) is 0 Å². The first kappa shape index (κ1) is 15.0. The summed E-state index contributed by atoms with van der Waals surface area (Å²) in [4.78, 5) is 0. The molecule has 88 valence electrons. The number of nitrogens with one attached hydrogen (secondary N) is 2. The van der Waals surface area contributed by atoms with Crippen molar-refractivity contribution in [1.29, 1.82) is 0 Å². The number of hydrogen-bond donors (Lipinski definition) is 2. The summed E-state index contributed by atoms with van der Waals surface area (Å²) < 4.78 is 0. The van der Waals surface area contributed by atoms with E-state index in [1.54, 1.807) is 0 Å². The molecule has 0 fully saturated rings. The van der Waals surface area contributed by atoms with Gasteiger partial charge in [0.05, 0.1) is 0 Å². The zero-order valence-corrected chi connectivity index (χ0v) is 11.1. The van der Waals surface area contributed by atoms with Gasteiger partial charge in [0.2, 0.25) is 0 Å². The minimum absolute atomic E-state index is 0.228. The summed E-state index contributed by atoms with van der Waals surface area (Å²) >= 11 is 0. The van der Waals surface area contributed by atoms with Crippen molar-refractivity contribution in [3.63, 3.8) is 0 Å². The molecule has 0 saturated heterocycles. The van der Waals surface area contributed by atoms with Gasteiger partial charge in [-0.05, 0) is 39.2 Å². The van der Waals surface area contributed by atoms with E-state index in [2.05, 4.69) is 45.2 Å². The number of rotatable bonds is 8. The molecule has 0 rings (SSSR count). The highest BCUT2D eigenvalue weighted by molar-refractivity contribution is 6.04. The monoisotopic (exact) mass is 210 g/mol. The molecular formula is C12H27BN2. The quantitative estimate of drug-likeness (QED) is 0.600. The van der Waals surface area contributed by atoms with Gasteiger partial charge in [-0.15, -0.1) is 0 Å². The zero-order chi connectivity index (χ0) is 11.9. The highest BCUT2D eigenvalue weighted by atomic mass is 15.0. The Kier molecular flexibility index (Phi) is 7.28. The average Bonchev–Trinajstić information content (AvgIpc) is 2.18. The Morgan fingerprint density at radius 3 is 2.27 bits per heavy atom. The lowest BCUT2D eigenvalue weighted by atomic mass is 9.81. The topological polar surface area (TPSA) is 24.1 Å². The van der Waals surface area contributed by atoms with E-state index < -0.39 is 0 Å². The summed E-state index contributed by atoms with van der Waals surface area (Å²) in [5.41, 5.74) is 0.228. The van der Waals surface area contributed by atoms with Gasteiger partial charge in [-0.25, -0.2) is 0 Å². The molecule has 0 heterocycles. The van der Waals surface area contributed by atoms with Gasteiger partial charge in [-0.2, -0.15) is 0 Å². The Labute approximate surface area is 97.0 Å². The van der Waals surface area contributed by atoms with Crippen molar-refractivity contribution in [3.05, 3.63) is 0 Å². The molecule has 15 heavy (non-hydrogen) atoms. The van der Waals surface area contributed by atoms with E-state index in [9.17, 15) is 0 Å². The van der Waals surface area contributed by atoms with E-state index in [0.717, 1.165) is 13.0 Å². The van der Waals surface area contributed by atoms with Crippen LogP contribution in [-0.4, -0.2) is 26.1 Å². The molecule has 0 aromatic heterocycles. The molecule has 0 saturated carbocycles. The molecular weight excluding hydrogens is 183 g/mol.